The SMILES string of the molecule is N#Cc1ccc(NC(=O)COC(=O)CN2C(=O)[C@H]3CCCC[C@@H]3C2=O)cc1. The summed E-state index contributed by atoms with van der Waals surface area (Å²) in [7, 11) is 0. The summed E-state index contributed by atoms with van der Waals surface area (Å²) < 4.78 is 4.88. The quantitative estimate of drug-likeness (QED) is 0.616. The first-order valence-corrected chi connectivity index (χ1v) is 8.80. The monoisotopic (exact) mass is 369 g/mol. The van der Waals surface area contributed by atoms with Gasteiger partial charge in [0.2, 0.25) is 11.8 Å². The number of esters is 1. The number of nitrogens with zero attached hydrogens (tertiary/aromatic N) is 2. The molecule has 1 aliphatic heterocycles. The molecular formula is C19H19N3O5. The van der Waals surface area contributed by atoms with Crippen LogP contribution in [0.3, 0.4) is 0 Å². The van der Waals surface area contributed by atoms with Crippen LogP contribution in [0.15, 0.2) is 24.3 Å². The summed E-state index contributed by atoms with van der Waals surface area (Å²) in [6.45, 7) is -0.989. The number of benzene rings is 1. The Morgan fingerprint density at radius 2 is 1.70 bits per heavy atom. The van der Waals surface area contributed by atoms with E-state index in [-0.39, 0.29) is 23.7 Å². The van der Waals surface area contributed by atoms with Crippen molar-refractivity contribution in [1.82, 2.24) is 4.90 Å². The summed E-state index contributed by atoms with van der Waals surface area (Å²) in [5.74, 6) is -2.63. The fraction of sp³-hybridized carbons (Fsp3) is 0.421. The molecule has 1 aromatic rings. The number of nitrogens with one attached hydrogen (secondary N) is 1. The Morgan fingerprint density at radius 3 is 2.26 bits per heavy atom. The van der Waals surface area contributed by atoms with Crippen LogP contribution in [-0.2, 0) is 23.9 Å². The Morgan fingerprint density at radius 1 is 1.11 bits per heavy atom. The second-order valence-corrected chi connectivity index (χ2v) is 6.66. The van der Waals surface area contributed by atoms with E-state index in [0.29, 0.717) is 24.1 Å². The largest absolute Gasteiger partial charge is 0.454 e. The fourth-order valence-electron chi connectivity index (χ4n) is 3.53. The summed E-state index contributed by atoms with van der Waals surface area (Å²) in [6, 6.07) is 8.17. The molecule has 2 fully saturated rings. The molecule has 3 amide bonds. The van der Waals surface area contributed by atoms with Gasteiger partial charge in [-0.3, -0.25) is 24.1 Å². The number of likely N-dealkylation sites (tertiary alicyclic amines) is 1. The summed E-state index contributed by atoms with van der Waals surface area (Å²) in [5.41, 5.74) is 0.920. The van der Waals surface area contributed by atoms with Crippen molar-refractivity contribution in [3.8, 4) is 6.07 Å². The first-order chi connectivity index (χ1) is 13.0. The smallest absolute Gasteiger partial charge is 0.326 e. The maximum atomic E-state index is 12.3. The zero-order valence-electron chi connectivity index (χ0n) is 14.6. The molecule has 0 radical (unpaired) electrons. The number of carbonyl (C=O) groups is 4. The van der Waals surface area contributed by atoms with Gasteiger partial charge in [0.1, 0.15) is 6.54 Å². The zero-order chi connectivity index (χ0) is 19.4. The van der Waals surface area contributed by atoms with E-state index in [1.54, 1.807) is 24.3 Å². The second-order valence-electron chi connectivity index (χ2n) is 6.66. The normalized spacial score (nSPS) is 21.4. The summed E-state index contributed by atoms with van der Waals surface area (Å²) in [5, 5.41) is 11.3. The van der Waals surface area contributed by atoms with Crippen LogP contribution in [0.4, 0.5) is 5.69 Å². The average Bonchev–Trinajstić information content (AvgIpc) is 2.92. The summed E-state index contributed by atoms with van der Waals surface area (Å²) >= 11 is 0. The van der Waals surface area contributed by atoms with E-state index in [1.807, 2.05) is 6.07 Å². The zero-order valence-corrected chi connectivity index (χ0v) is 14.6. The lowest BCUT2D eigenvalue weighted by Crippen LogP contribution is -2.37. The molecule has 3 rings (SSSR count). The minimum atomic E-state index is -0.801. The van der Waals surface area contributed by atoms with Gasteiger partial charge in [0.15, 0.2) is 6.61 Å². The van der Waals surface area contributed by atoms with Gasteiger partial charge in [0.05, 0.1) is 23.5 Å². The average molecular weight is 369 g/mol. The van der Waals surface area contributed by atoms with Crippen molar-refractivity contribution in [1.29, 1.82) is 5.26 Å². The van der Waals surface area contributed by atoms with Crippen molar-refractivity contribution in [3.63, 3.8) is 0 Å². The highest BCUT2D eigenvalue weighted by Crippen LogP contribution is 2.37. The molecule has 0 aromatic heterocycles. The number of imide groups is 1. The maximum absolute atomic E-state index is 12.3. The Hall–Kier alpha value is -3.21. The molecule has 140 valence electrons. The molecule has 1 saturated heterocycles. The fourth-order valence-corrected chi connectivity index (χ4v) is 3.53. The third-order valence-corrected chi connectivity index (χ3v) is 4.88. The molecule has 1 N–H and O–H groups in total. The lowest BCUT2D eigenvalue weighted by molar-refractivity contribution is -0.154. The minimum Gasteiger partial charge on any atom is -0.454 e. The molecule has 1 aliphatic carbocycles. The number of nitriles is 1. The molecule has 0 bridgehead atoms. The lowest BCUT2D eigenvalue weighted by atomic mass is 9.81. The van der Waals surface area contributed by atoms with Crippen LogP contribution in [0.2, 0.25) is 0 Å². The topological polar surface area (TPSA) is 117 Å². The van der Waals surface area contributed by atoms with E-state index in [2.05, 4.69) is 5.32 Å². The predicted octanol–water partition coefficient (Wildman–Crippen LogP) is 1.22. The van der Waals surface area contributed by atoms with Crippen LogP contribution >= 0.6 is 0 Å². The number of hydrogen-bond donors (Lipinski definition) is 1. The number of carbonyl (C=O) groups excluding carboxylic acids is 4. The number of fused-ring (bicyclic) bond motifs is 1. The molecule has 1 saturated carbocycles. The molecule has 1 heterocycles. The number of rotatable bonds is 5. The molecule has 8 nitrogen and oxygen atoms in total. The van der Waals surface area contributed by atoms with Crippen molar-refractivity contribution in [2.75, 3.05) is 18.5 Å². The lowest BCUT2D eigenvalue weighted by Gasteiger charge is -2.19. The van der Waals surface area contributed by atoms with Crippen LogP contribution in [0.25, 0.3) is 0 Å². The maximum Gasteiger partial charge on any atom is 0.326 e. The van der Waals surface area contributed by atoms with Crippen molar-refractivity contribution >= 4 is 29.4 Å². The van der Waals surface area contributed by atoms with Gasteiger partial charge in [-0.2, -0.15) is 5.26 Å². The van der Waals surface area contributed by atoms with Crippen molar-refractivity contribution in [3.05, 3.63) is 29.8 Å². The van der Waals surface area contributed by atoms with Crippen LogP contribution in [-0.4, -0.2) is 41.7 Å². The molecular weight excluding hydrogens is 350 g/mol. The van der Waals surface area contributed by atoms with Crippen molar-refractivity contribution in [2.45, 2.75) is 25.7 Å². The first-order valence-electron chi connectivity index (χ1n) is 8.80. The van der Waals surface area contributed by atoms with Crippen LogP contribution < -0.4 is 5.32 Å². The molecule has 8 heteroatoms. The number of amides is 3. The van der Waals surface area contributed by atoms with Crippen LogP contribution in [0, 0.1) is 23.2 Å². The van der Waals surface area contributed by atoms with Gasteiger partial charge in [-0.15, -0.1) is 0 Å². The molecule has 0 unspecified atom stereocenters. The Balaban J connectivity index is 1.47. The van der Waals surface area contributed by atoms with Crippen molar-refractivity contribution in [2.24, 2.45) is 11.8 Å². The van der Waals surface area contributed by atoms with E-state index in [0.717, 1.165) is 17.7 Å². The third-order valence-electron chi connectivity index (χ3n) is 4.88. The third kappa shape index (κ3) is 4.14. The molecule has 2 atom stereocenters. The van der Waals surface area contributed by atoms with E-state index in [9.17, 15) is 19.2 Å². The van der Waals surface area contributed by atoms with E-state index in [4.69, 9.17) is 10.00 Å². The second kappa shape index (κ2) is 7.99. The van der Waals surface area contributed by atoms with E-state index >= 15 is 0 Å². The minimum absolute atomic E-state index is 0.316. The highest BCUT2D eigenvalue weighted by Gasteiger charge is 2.48. The summed E-state index contributed by atoms with van der Waals surface area (Å²) in [4.78, 5) is 49.4. The Bertz CT molecular complexity index is 788. The van der Waals surface area contributed by atoms with Gasteiger partial charge in [-0.1, -0.05) is 12.8 Å². The number of ether oxygens (including phenoxy) is 1. The van der Waals surface area contributed by atoms with Gasteiger partial charge in [-0.25, -0.2) is 0 Å². The molecule has 27 heavy (non-hydrogen) atoms. The van der Waals surface area contributed by atoms with Crippen LogP contribution in [0.5, 0.6) is 0 Å². The number of anilines is 1. The first kappa shape index (κ1) is 18.6. The molecule has 1 aromatic carbocycles. The van der Waals surface area contributed by atoms with Crippen molar-refractivity contribution < 1.29 is 23.9 Å². The van der Waals surface area contributed by atoms with E-state index < -0.39 is 25.0 Å². The van der Waals surface area contributed by atoms with Gasteiger partial charge >= 0.3 is 5.97 Å². The standard InChI is InChI=1S/C19H19N3O5/c20-9-12-5-7-13(8-6-12)21-16(23)11-27-17(24)10-22-18(25)14-3-1-2-4-15(14)19(22)26/h5-8,14-15H,1-4,10-11H2,(H,21,23)/t14-,15-/m0/s1. The van der Waals surface area contributed by atoms with Gasteiger partial charge in [0.25, 0.3) is 5.91 Å². The Kier molecular flexibility index (Phi) is 5.50. The van der Waals surface area contributed by atoms with Gasteiger partial charge in [-0.05, 0) is 37.1 Å². The predicted molar refractivity (Wildman–Crippen MR) is 92.9 cm³/mol. The highest BCUT2D eigenvalue weighted by atomic mass is 16.5. The Labute approximate surface area is 156 Å². The molecule has 2 aliphatic rings. The number of hydrogen-bond acceptors (Lipinski definition) is 6. The van der Waals surface area contributed by atoms with E-state index in [1.165, 1.54) is 0 Å². The van der Waals surface area contributed by atoms with Gasteiger partial charge < -0.3 is 10.1 Å². The summed E-state index contributed by atoms with van der Waals surface area (Å²) in [6.07, 6.45) is 3.17. The van der Waals surface area contributed by atoms with Crippen LogP contribution in [0.1, 0.15) is 31.2 Å². The highest BCUT2D eigenvalue weighted by molar-refractivity contribution is 6.07. The molecule has 0 spiro atoms. The van der Waals surface area contributed by atoms with Gasteiger partial charge in [0, 0.05) is 5.69 Å².